The summed E-state index contributed by atoms with van der Waals surface area (Å²) in [6.45, 7) is -0.910. The summed E-state index contributed by atoms with van der Waals surface area (Å²) >= 11 is 0.849. The zero-order valence-corrected chi connectivity index (χ0v) is 11.3. The lowest BCUT2D eigenvalue weighted by Crippen LogP contribution is -2.43. The second-order valence-electron chi connectivity index (χ2n) is 3.30. The summed E-state index contributed by atoms with van der Waals surface area (Å²) in [5.41, 5.74) is 0. The molecule has 0 aromatic carbocycles. The van der Waals surface area contributed by atoms with Gasteiger partial charge in [-0.05, 0) is 11.4 Å². The predicted octanol–water partition coefficient (Wildman–Crippen LogP) is -0.742. The summed E-state index contributed by atoms with van der Waals surface area (Å²) in [6.07, 6.45) is 0. The topological polar surface area (TPSA) is 130 Å². The van der Waals surface area contributed by atoms with Crippen LogP contribution in [0, 0.1) is 0 Å². The second kappa shape index (κ2) is 6.10. The fourth-order valence-electron chi connectivity index (χ4n) is 1.17. The molecule has 0 aliphatic rings. The summed E-state index contributed by atoms with van der Waals surface area (Å²) in [5.74, 6) is -2.37. The molecule has 3 N–H and O–H groups in total. The number of hydrogen-bond acceptors (Lipinski definition) is 7. The Balaban J connectivity index is 3.11. The van der Waals surface area contributed by atoms with Crippen molar-refractivity contribution in [3.05, 3.63) is 16.3 Å². The first-order valence-corrected chi connectivity index (χ1v) is 7.21. The van der Waals surface area contributed by atoms with Crippen molar-refractivity contribution in [3.8, 4) is 0 Å². The first kappa shape index (κ1) is 15.6. The van der Waals surface area contributed by atoms with Gasteiger partial charge in [-0.25, -0.2) is 13.2 Å². The molecule has 0 aliphatic heterocycles. The molecule has 106 valence electrons. The molecule has 0 bridgehead atoms. The van der Waals surface area contributed by atoms with Crippen LogP contribution in [0.15, 0.2) is 16.3 Å². The van der Waals surface area contributed by atoms with Gasteiger partial charge in [0.05, 0.1) is 13.7 Å². The van der Waals surface area contributed by atoms with Gasteiger partial charge in [0.25, 0.3) is 0 Å². The average molecular weight is 309 g/mol. The molecule has 0 amide bonds. The number of rotatable bonds is 6. The van der Waals surface area contributed by atoms with E-state index in [1.807, 2.05) is 0 Å². The number of nitrogens with one attached hydrogen (secondary N) is 1. The molecule has 19 heavy (non-hydrogen) atoms. The van der Waals surface area contributed by atoms with Gasteiger partial charge < -0.3 is 14.9 Å². The predicted molar refractivity (Wildman–Crippen MR) is 64.5 cm³/mol. The van der Waals surface area contributed by atoms with E-state index in [2.05, 4.69) is 4.74 Å². The number of aliphatic carboxylic acids is 1. The highest BCUT2D eigenvalue weighted by Crippen LogP contribution is 2.22. The number of carboxylic acids is 1. The maximum Gasteiger partial charge on any atom is 0.349 e. The largest absolute Gasteiger partial charge is 0.480 e. The molecule has 0 saturated heterocycles. The molecule has 0 saturated carbocycles. The molecule has 0 radical (unpaired) electrons. The SMILES string of the molecule is COC(=O)c1sccc1S(=O)(=O)N[C@@H](CO)C(=O)O. The van der Waals surface area contributed by atoms with Crippen molar-refractivity contribution in [2.24, 2.45) is 0 Å². The van der Waals surface area contributed by atoms with Crippen molar-refractivity contribution in [1.29, 1.82) is 0 Å². The number of ether oxygens (including phenoxy) is 1. The lowest BCUT2D eigenvalue weighted by atomic mass is 10.3. The summed E-state index contributed by atoms with van der Waals surface area (Å²) in [7, 11) is -3.14. The third-order valence-electron chi connectivity index (χ3n) is 2.07. The first-order valence-electron chi connectivity index (χ1n) is 4.85. The van der Waals surface area contributed by atoms with Gasteiger partial charge in [-0.2, -0.15) is 4.72 Å². The summed E-state index contributed by atoms with van der Waals surface area (Å²) in [5, 5.41) is 18.8. The van der Waals surface area contributed by atoms with E-state index in [1.165, 1.54) is 5.38 Å². The molecular formula is C9H11NO7S2. The van der Waals surface area contributed by atoms with Crippen molar-refractivity contribution in [1.82, 2.24) is 4.72 Å². The average Bonchev–Trinajstić information content (AvgIpc) is 2.84. The zero-order valence-electron chi connectivity index (χ0n) is 9.69. The highest BCUT2D eigenvalue weighted by molar-refractivity contribution is 7.89. The van der Waals surface area contributed by atoms with Crippen LogP contribution in [0.4, 0.5) is 0 Å². The number of hydrogen-bond donors (Lipinski definition) is 3. The third kappa shape index (κ3) is 3.50. The van der Waals surface area contributed by atoms with Gasteiger partial charge in [-0.1, -0.05) is 0 Å². The third-order valence-corrected chi connectivity index (χ3v) is 4.61. The maximum absolute atomic E-state index is 11.9. The van der Waals surface area contributed by atoms with E-state index in [-0.39, 0.29) is 9.77 Å². The van der Waals surface area contributed by atoms with E-state index in [0.29, 0.717) is 0 Å². The minimum atomic E-state index is -4.24. The Morgan fingerprint density at radius 1 is 1.53 bits per heavy atom. The van der Waals surface area contributed by atoms with Crippen molar-refractivity contribution < 1.29 is 33.0 Å². The van der Waals surface area contributed by atoms with Gasteiger partial charge in [0, 0.05) is 0 Å². The fourth-order valence-corrected chi connectivity index (χ4v) is 3.68. The Hall–Kier alpha value is -1.49. The van der Waals surface area contributed by atoms with Gasteiger partial charge >= 0.3 is 11.9 Å². The minimum absolute atomic E-state index is 0.169. The Morgan fingerprint density at radius 3 is 2.63 bits per heavy atom. The zero-order chi connectivity index (χ0) is 14.6. The van der Waals surface area contributed by atoms with E-state index in [4.69, 9.17) is 10.2 Å². The van der Waals surface area contributed by atoms with Crippen LogP contribution < -0.4 is 4.72 Å². The number of aliphatic hydroxyl groups is 1. The number of methoxy groups -OCH3 is 1. The monoisotopic (exact) mass is 309 g/mol. The molecule has 1 rings (SSSR count). The molecule has 1 heterocycles. The van der Waals surface area contributed by atoms with Crippen molar-refractivity contribution in [3.63, 3.8) is 0 Å². The van der Waals surface area contributed by atoms with Crippen LogP contribution in [-0.2, 0) is 19.6 Å². The summed E-state index contributed by atoms with van der Waals surface area (Å²) < 4.78 is 30.1. The Morgan fingerprint density at radius 2 is 2.16 bits per heavy atom. The second-order valence-corrected chi connectivity index (χ2v) is 5.90. The Bertz CT molecular complexity index is 577. The Labute approximate surface area is 112 Å². The van der Waals surface area contributed by atoms with Crippen LogP contribution in [0.25, 0.3) is 0 Å². The van der Waals surface area contributed by atoms with Gasteiger partial charge in [-0.3, -0.25) is 4.79 Å². The number of carbonyl (C=O) groups is 2. The molecule has 10 heteroatoms. The van der Waals surface area contributed by atoms with E-state index in [1.54, 1.807) is 4.72 Å². The highest BCUT2D eigenvalue weighted by atomic mass is 32.2. The van der Waals surface area contributed by atoms with Crippen LogP contribution in [-0.4, -0.2) is 50.3 Å². The van der Waals surface area contributed by atoms with E-state index >= 15 is 0 Å². The van der Waals surface area contributed by atoms with Crippen molar-refractivity contribution in [2.45, 2.75) is 10.9 Å². The van der Waals surface area contributed by atoms with E-state index in [9.17, 15) is 18.0 Å². The number of sulfonamides is 1. The number of carboxylic acid groups (broad SMARTS) is 1. The molecule has 1 aromatic rings. The maximum atomic E-state index is 11.9. The highest BCUT2D eigenvalue weighted by Gasteiger charge is 2.29. The number of thiophene rings is 1. The smallest absolute Gasteiger partial charge is 0.349 e. The quantitative estimate of drug-likeness (QED) is 0.590. The molecule has 0 fully saturated rings. The number of carbonyl (C=O) groups excluding carboxylic acids is 1. The molecule has 0 aliphatic carbocycles. The van der Waals surface area contributed by atoms with Gasteiger partial charge in [0.2, 0.25) is 10.0 Å². The normalized spacial score (nSPS) is 12.9. The fraction of sp³-hybridized carbons (Fsp3) is 0.333. The standard InChI is InChI=1S/C9H11NO7S2/c1-17-9(14)7-6(2-3-18-7)19(15,16)10-5(4-11)8(12)13/h2-3,5,10-11H,4H2,1H3,(H,12,13)/t5-/m0/s1. The molecule has 8 nitrogen and oxygen atoms in total. The van der Waals surface area contributed by atoms with E-state index in [0.717, 1.165) is 24.5 Å². The van der Waals surface area contributed by atoms with Crippen LogP contribution in [0.2, 0.25) is 0 Å². The number of aliphatic hydroxyl groups excluding tert-OH is 1. The van der Waals surface area contributed by atoms with Crippen LogP contribution in [0.5, 0.6) is 0 Å². The van der Waals surface area contributed by atoms with Crippen molar-refractivity contribution in [2.75, 3.05) is 13.7 Å². The number of esters is 1. The van der Waals surface area contributed by atoms with Crippen LogP contribution >= 0.6 is 11.3 Å². The lowest BCUT2D eigenvalue weighted by molar-refractivity contribution is -0.139. The van der Waals surface area contributed by atoms with Gasteiger partial charge in [0.15, 0.2) is 0 Å². The van der Waals surface area contributed by atoms with Gasteiger partial charge in [-0.15, -0.1) is 11.3 Å². The molecule has 1 atom stereocenters. The lowest BCUT2D eigenvalue weighted by Gasteiger charge is -2.12. The van der Waals surface area contributed by atoms with Crippen LogP contribution in [0.3, 0.4) is 0 Å². The minimum Gasteiger partial charge on any atom is -0.480 e. The van der Waals surface area contributed by atoms with Gasteiger partial charge in [0.1, 0.15) is 15.8 Å². The molecular weight excluding hydrogens is 298 g/mol. The first-order chi connectivity index (χ1) is 8.83. The van der Waals surface area contributed by atoms with Crippen LogP contribution in [0.1, 0.15) is 9.67 Å². The Kier molecular flexibility index (Phi) is 5.00. The summed E-state index contributed by atoms with van der Waals surface area (Å²) in [4.78, 5) is 21.5. The van der Waals surface area contributed by atoms with Crippen molar-refractivity contribution >= 4 is 33.3 Å². The van der Waals surface area contributed by atoms with E-state index < -0.39 is 34.6 Å². The molecule has 0 spiro atoms. The molecule has 0 unspecified atom stereocenters. The summed E-state index contributed by atoms with van der Waals surface area (Å²) in [6, 6.07) is -0.536. The molecule has 1 aromatic heterocycles.